The van der Waals surface area contributed by atoms with Crippen LogP contribution in [0, 0.1) is 12.3 Å². The van der Waals surface area contributed by atoms with Crippen LogP contribution in [0.4, 0.5) is 0 Å². The highest BCUT2D eigenvalue weighted by atomic mass is 16.5. The van der Waals surface area contributed by atoms with E-state index < -0.39 is 0 Å². The first-order chi connectivity index (χ1) is 13.5. The molecule has 1 atom stereocenters. The van der Waals surface area contributed by atoms with Crippen LogP contribution >= 0.6 is 0 Å². The maximum atomic E-state index is 13.1. The normalized spacial score (nSPS) is 16.7. The van der Waals surface area contributed by atoms with Gasteiger partial charge in [0.2, 0.25) is 0 Å². The Bertz CT molecular complexity index is 1190. The van der Waals surface area contributed by atoms with Gasteiger partial charge in [-0.15, -0.1) is 0 Å². The van der Waals surface area contributed by atoms with Gasteiger partial charge >= 0.3 is 0 Å². The maximum absolute atomic E-state index is 13.1. The number of carbonyl (C=O) groups excluding carboxylic acids is 1. The number of pyridine rings is 2. The number of rotatable bonds is 4. The van der Waals surface area contributed by atoms with Gasteiger partial charge in [-0.05, 0) is 44.4 Å². The average molecular weight is 381 g/mol. The molecule has 3 aromatic heterocycles. The highest BCUT2D eigenvalue weighted by Gasteiger charge is 2.20. The van der Waals surface area contributed by atoms with Gasteiger partial charge < -0.3 is 14.6 Å². The smallest absolute Gasteiger partial charge is 0.267 e. The molecule has 28 heavy (non-hydrogen) atoms. The van der Waals surface area contributed by atoms with Gasteiger partial charge in [-0.2, -0.15) is 0 Å². The van der Waals surface area contributed by atoms with Crippen LogP contribution in [-0.2, 0) is 11.3 Å². The third kappa shape index (κ3) is 2.99. The predicted molar refractivity (Wildman–Crippen MR) is 105 cm³/mol. The molecule has 0 radical (unpaired) electrons. The number of amides is 1. The topological polar surface area (TPSA) is 101 Å². The zero-order valence-corrected chi connectivity index (χ0v) is 16.0. The van der Waals surface area contributed by atoms with Crippen molar-refractivity contribution < 1.29 is 9.53 Å². The lowest BCUT2D eigenvalue weighted by molar-refractivity contribution is 0.0856. The third-order valence-corrected chi connectivity index (χ3v) is 5.21. The summed E-state index contributed by atoms with van der Waals surface area (Å²) in [6, 6.07) is 5.16. The molecular weight excluding hydrogens is 358 g/mol. The van der Waals surface area contributed by atoms with E-state index in [0.717, 1.165) is 18.4 Å². The van der Waals surface area contributed by atoms with E-state index in [1.165, 1.54) is 10.5 Å². The summed E-state index contributed by atoms with van der Waals surface area (Å²) in [6.07, 6.45) is 3.58. The van der Waals surface area contributed by atoms with Crippen LogP contribution < -0.4 is 16.4 Å². The molecule has 4 rings (SSSR count). The minimum absolute atomic E-state index is 0.0103. The van der Waals surface area contributed by atoms with Crippen LogP contribution in [0.15, 0.2) is 29.2 Å². The average Bonchev–Trinajstić information content (AvgIpc) is 3.20. The largest absolute Gasteiger partial charge is 0.376 e. The lowest BCUT2D eigenvalue weighted by Gasteiger charge is -2.15. The molecule has 1 saturated heterocycles. The predicted octanol–water partition coefficient (Wildman–Crippen LogP) is 1.37. The number of nitrogens with one attached hydrogen (secondary N) is 2. The first-order valence-electron chi connectivity index (χ1n) is 9.51. The summed E-state index contributed by atoms with van der Waals surface area (Å²) in [6.45, 7) is 5.30. The standard InChI is InChI=1S/C20H23N5O3/c1-3-24-16(21)14(19(26)22-11-13-7-5-9-28-13)10-15-18(24)23-17-12(2)6-4-8-25(17)20(15)27/h4,6,8,10,13,21H,3,5,7,9,11H2,1-2H3,(H,22,26)/t13-/m1/s1. The van der Waals surface area contributed by atoms with E-state index in [1.807, 2.05) is 19.9 Å². The Morgan fingerprint density at radius 3 is 2.96 bits per heavy atom. The first kappa shape index (κ1) is 18.4. The van der Waals surface area contributed by atoms with Crippen molar-refractivity contribution in [3.63, 3.8) is 0 Å². The maximum Gasteiger partial charge on any atom is 0.267 e. The Morgan fingerprint density at radius 1 is 1.43 bits per heavy atom. The van der Waals surface area contributed by atoms with Gasteiger partial charge in [0.25, 0.3) is 11.5 Å². The Hall–Kier alpha value is -3.00. The molecule has 0 saturated carbocycles. The van der Waals surface area contributed by atoms with Crippen molar-refractivity contribution in [1.29, 1.82) is 5.41 Å². The Kier molecular flexibility index (Phi) is 4.72. The van der Waals surface area contributed by atoms with Crippen LogP contribution in [0.25, 0.3) is 16.7 Å². The molecule has 0 aromatic carbocycles. The number of hydrogen-bond acceptors (Lipinski definition) is 5. The van der Waals surface area contributed by atoms with Gasteiger partial charge in [-0.25, -0.2) is 4.98 Å². The number of ether oxygens (including phenoxy) is 1. The molecular formula is C20H23N5O3. The second-order valence-corrected chi connectivity index (χ2v) is 7.03. The number of aromatic nitrogens is 3. The summed E-state index contributed by atoms with van der Waals surface area (Å²) >= 11 is 0. The van der Waals surface area contributed by atoms with Crippen LogP contribution in [0.5, 0.6) is 0 Å². The van der Waals surface area contributed by atoms with E-state index in [-0.39, 0.29) is 28.6 Å². The summed E-state index contributed by atoms with van der Waals surface area (Å²) < 4.78 is 8.62. The summed E-state index contributed by atoms with van der Waals surface area (Å²) in [7, 11) is 0. The van der Waals surface area contributed by atoms with Crippen molar-refractivity contribution in [2.45, 2.75) is 39.3 Å². The van der Waals surface area contributed by atoms with E-state index in [1.54, 1.807) is 16.8 Å². The minimum Gasteiger partial charge on any atom is -0.376 e. The molecule has 0 bridgehead atoms. The number of nitrogens with zero attached hydrogens (tertiary/aromatic N) is 3. The van der Waals surface area contributed by atoms with E-state index in [4.69, 9.17) is 10.1 Å². The number of carbonyl (C=O) groups is 1. The van der Waals surface area contributed by atoms with Crippen molar-refractivity contribution in [1.82, 2.24) is 19.3 Å². The molecule has 8 heteroatoms. The van der Waals surface area contributed by atoms with Crippen LogP contribution in [0.2, 0.25) is 0 Å². The molecule has 1 aliphatic rings. The zero-order valence-electron chi connectivity index (χ0n) is 16.0. The van der Waals surface area contributed by atoms with Gasteiger partial charge in [0.1, 0.15) is 16.8 Å². The van der Waals surface area contributed by atoms with Crippen molar-refractivity contribution in [3.8, 4) is 0 Å². The van der Waals surface area contributed by atoms with E-state index in [0.29, 0.717) is 36.4 Å². The van der Waals surface area contributed by atoms with Gasteiger partial charge in [-0.3, -0.25) is 19.4 Å². The number of aryl methyl sites for hydroxylation is 2. The second kappa shape index (κ2) is 7.20. The molecule has 3 aromatic rings. The molecule has 1 aliphatic heterocycles. The quantitative estimate of drug-likeness (QED) is 0.667. The van der Waals surface area contributed by atoms with E-state index in [2.05, 4.69) is 10.3 Å². The highest BCUT2D eigenvalue weighted by molar-refractivity contribution is 5.96. The van der Waals surface area contributed by atoms with Gasteiger partial charge in [0.05, 0.1) is 17.1 Å². The Morgan fingerprint density at radius 2 is 2.25 bits per heavy atom. The van der Waals surface area contributed by atoms with Crippen LogP contribution in [-0.4, -0.2) is 39.1 Å². The van der Waals surface area contributed by atoms with Crippen molar-refractivity contribution in [2.24, 2.45) is 0 Å². The van der Waals surface area contributed by atoms with Gasteiger partial charge in [-0.1, -0.05) is 6.07 Å². The van der Waals surface area contributed by atoms with Crippen molar-refractivity contribution >= 4 is 22.6 Å². The fourth-order valence-corrected chi connectivity index (χ4v) is 3.68. The number of hydrogen-bond donors (Lipinski definition) is 2. The van der Waals surface area contributed by atoms with Gasteiger partial charge in [0, 0.05) is 25.9 Å². The molecule has 1 fully saturated rings. The van der Waals surface area contributed by atoms with Crippen molar-refractivity contribution in [3.05, 3.63) is 51.4 Å². The molecule has 0 unspecified atom stereocenters. The Balaban J connectivity index is 1.86. The highest BCUT2D eigenvalue weighted by Crippen LogP contribution is 2.13. The minimum atomic E-state index is -0.377. The fourth-order valence-electron chi connectivity index (χ4n) is 3.68. The summed E-state index contributed by atoms with van der Waals surface area (Å²) in [4.78, 5) is 30.4. The third-order valence-electron chi connectivity index (χ3n) is 5.21. The molecule has 0 spiro atoms. The summed E-state index contributed by atoms with van der Waals surface area (Å²) in [5, 5.41) is 11.7. The lowest BCUT2D eigenvalue weighted by Crippen LogP contribution is -2.37. The number of fused-ring (bicyclic) bond motifs is 2. The van der Waals surface area contributed by atoms with Crippen LogP contribution in [0.1, 0.15) is 35.7 Å². The molecule has 4 heterocycles. The summed E-state index contributed by atoms with van der Waals surface area (Å²) in [5.74, 6) is -0.377. The zero-order chi connectivity index (χ0) is 19.8. The second-order valence-electron chi connectivity index (χ2n) is 7.03. The van der Waals surface area contributed by atoms with Crippen LogP contribution in [0.3, 0.4) is 0 Å². The monoisotopic (exact) mass is 381 g/mol. The SMILES string of the molecule is CCn1c(=N)c(C(=O)NC[C@H]2CCCO2)cc2c(=O)n3cccc(C)c3nc21. The van der Waals surface area contributed by atoms with Crippen molar-refractivity contribution in [2.75, 3.05) is 13.2 Å². The molecule has 146 valence electrons. The molecule has 8 nitrogen and oxygen atoms in total. The van der Waals surface area contributed by atoms with E-state index >= 15 is 0 Å². The lowest BCUT2D eigenvalue weighted by atomic mass is 10.1. The molecule has 0 aliphatic carbocycles. The summed E-state index contributed by atoms with van der Waals surface area (Å²) in [5.41, 5.74) is 1.80. The first-order valence-corrected chi connectivity index (χ1v) is 9.51. The fraction of sp³-hybridized carbons (Fsp3) is 0.400. The Labute approximate surface area is 161 Å². The molecule has 1 amide bonds. The molecule has 2 N–H and O–H groups in total. The van der Waals surface area contributed by atoms with Gasteiger partial charge in [0.15, 0.2) is 0 Å². The van der Waals surface area contributed by atoms with E-state index in [9.17, 15) is 9.59 Å².